The predicted octanol–water partition coefficient (Wildman–Crippen LogP) is 4.48. The van der Waals surface area contributed by atoms with Crippen LogP contribution in [0.5, 0.6) is 0 Å². The molecular formula is C21H34O3. The van der Waals surface area contributed by atoms with Gasteiger partial charge in [0, 0.05) is 6.42 Å². The molecule has 24 heavy (non-hydrogen) atoms. The normalized spacial score (nSPS) is 53.8. The highest BCUT2D eigenvalue weighted by molar-refractivity contribution is 5.67. The van der Waals surface area contributed by atoms with Crippen LogP contribution in [0.4, 0.5) is 0 Å². The Balaban J connectivity index is 1.53. The second-order valence-corrected chi connectivity index (χ2v) is 10.0. The fourth-order valence-corrected chi connectivity index (χ4v) is 7.75. The highest BCUT2D eigenvalue weighted by atomic mass is 16.4. The number of aliphatic hydroxyl groups excluding tert-OH is 1. The van der Waals surface area contributed by atoms with Crippen molar-refractivity contribution in [1.29, 1.82) is 0 Å². The largest absolute Gasteiger partial charge is 0.481 e. The summed E-state index contributed by atoms with van der Waals surface area (Å²) in [7, 11) is 0. The number of hydrogen-bond acceptors (Lipinski definition) is 2. The van der Waals surface area contributed by atoms with Crippen LogP contribution in [0.1, 0.15) is 78.1 Å². The highest BCUT2D eigenvalue weighted by Gasteiger charge is 2.59. The van der Waals surface area contributed by atoms with E-state index in [0.717, 1.165) is 42.9 Å². The van der Waals surface area contributed by atoms with E-state index in [-0.39, 0.29) is 11.5 Å². The van der Waals surface area contributed by atoms with E-state index in [4.69, 9.17) is 5.11 Å². The number of rotatable bonds is 2. The second kappa shape index (κ2) is 5.72. The van der Waals surface area contributed by atoms with E-state index in [0.29, 0.717) is 17.8 Å². The Kier molecular flexibility index (Phi) is 4.02. The maximum Gasteiger partial charge on any atom is 0.303 e. The molecule has 4 rings (SSSR count). The summed E-state index contributed by atoms with van der Waals surface area (Å²) < 4.78 is 0. The lowest BCUT2D eigenvalue weighted by molar-refractivity contribution is -0.142. The van der Waals surface area contributed by atoms with Crippen molar-refractivity contribution in [2.24, 2.45) is 40.4 Å². The lowest BCUT2D eigenvalue weighted by Gasteiger charge is -2.61. The van der Waals surface area contributed by atoms with E-state index >= 15 is 0 Å². The fourth-order valence-electron chi connectivity index (χ4n) is 7.75. The van der Waals surface area contributed by atoms with Gasteiger partial charge in [-0.3, -0.25) is 4.79 Å². The van der Waals surface area contributed by atoms with Crippen molar-refractivity contribution in [1.82, 2.24) is 0 Å². The molecule has 0 radical (unpaired) electrons. The van der Waals surface area contributed by atoms with E-state index < -0.39 is 5.97 Å². The quantitative estimate of drug-likeness (QED) is 0.783. The molecule has 2 N–H and O–H groups in total. The van der Waals surface area contributed by atoms with E-state index in [1.807, 2.05) is 0 Å². The average molecular weight is 335 g/mol. The molecular weight excluding hydrogens is 300 g/mol. The van der Waals surface area contributed by atoms with Crippen LogP contribution in [0, 0.1) is 40.4 Å². The van der Waals surface area contributed by atoms with Crippen molar-refractivity contribution in [2.45, 2.75) is 84.2 Å². The maximum absolute atomic E-state index is 11.1. The first kappa shape index (κ1) is 16.9. The van der Waals surface area contributed by atoms with Crippen molar-refractivity contribution < 1.29 is 15.0 Å². The smallest absolute Gasteiger partial charge is 0.303 e. The minimum Gasteiger partial charge on any atom is -0.481 e. The molecule has 4 fully saturated rings. The van der Waals surface area contributed by atoms with Gasteiger partial charge < -0.3 is 10.2 Å². The van der Waals surface area contributed by atoms with Gasteiger partial charge in [0.25, 0.3) is 0 Å². The van der Waals surface area contributed by atoms with Gasteiger partial charge in [-0.15, -0.1) is 0 Å². The van der Waals surface area contributed by atoms with Gasteiger partial charge in [0.2, 0.25) is 0 Å². The van der Waals surface area contributed by atoms with Crippen LogP contribution >= 0.6 is 0 Å². The van der Waals surface area contributed by atoms with Gasteiger partial charge in [-0.1, -0.05) is 13.8 Å². The van der Waals surface area contributed by atoms with Crippen LogP contribution in [0.2, 0.25) is 0 Å². The molecule has 0 bridgehead atoms. The summed E-state index contributed by atoms with van der Waals surface area (Å²) in [6.45, 7) is 4.88. The molecule has 0 unspecified atom stereocenters. The number of fused-ring (bicyclic) bond motifs is 5. The van der Waals surface area contributed by atoms with Crippen LogP contribution in [0.3, 0.4) is 0 Å². The molecule has 0 aromatic carbocycles. The predicted molar refractivity (Wildman–Crippen MR) is 93.5 cm³/mol. The number of carboxylic acid groups (broad SMARTS) is 1. The molecule has 8 atom stereocenters. The summed E-state index contributed by atoms with van der Waals surface area (Å²) in [4.78, 5) is 11.1. The van der Waals surface area contributed by atoms with E-state index in [1.165, 1.54) is 38.5 Å². The third-order valence-electron chi connectivity index (χ3n) is 9.19. The van der Waals surface area contributed by atoms with Crippen molar-refractivity contribution in [3.05, 3.63) is 0 Å². The number of carboxylic acids is 1. The van der Waals surface area contributed by atoms with Gasteiger partial charge in [0.1, 0.15) is 0 Å². The van der Waals surface area contributed by atoms with Gasteiger partial charge in [0.05, 0.1) is 6.10 Å². The van der Waals surface area contributed by atoms with Crippen molar-refractivity contribution in [3.8, 4) is 0 Å². The van der Waals surface area contributed by atoms with Gasteiger partial charge >= 0.3 is 5.97 Å². The van der Waals surface area contributed by atoms with Gasteiger partial charge in [-0.2, -0.15) is 0 Å². The molecule has 0 aliphatic heterocycles. The van der Waals surface area contributed by atoms with E-state index in [9.17, 15) is 9.90 Å². The Morgan fingerprint density at radius 1 is 0.958 bits per heavy atom. The third kappa shape index (κ3) is 2.37. The third-order valence-corrected chi connectivity index (χ3v) is 9.19. The molecule has 0 aromatic heterocycles. The molecule has 3 nitrogen and oxygen atoms in total. The lowest BCUT2D eigenvalue weighted by atomic mass is 9.44. The Labute approximate surface area is 146 Å². The number of aliphatic carboxylic acids is 1. The summed E-state index contributed by atoms with van der Waals surface area (Å²) in [6.07, 6.45) is 11.1. The Morgan fingerprint density at radius 3 is 2.42 bits per heavy atom. The Bertz CT molecular complexity index is 517. The van der Waals surface area contributed by atoms with E-state index in [1.54, 1.807) is 0 Å². The maximum atomic E-state index is 11.1. The molecule has 136 valence electrons. The Hall–Kier alpha value is -0.570. The molecule has 0 amide bonds. The number of carbonyl (C=O) groups is 1. The van der Waals surface area contributed by atoms with Crippen LogP contribution in [0.15, 0.2) is 0 Å². The first-order valence-electron chi connectivity index (χ1n) is 10.2. The zero-order chi connectivity index (χ0) is 17.1. The topological polar surface area (TPSA) is 57.5 Å². The molecule has 0 saturated heterocycles. The average Bonchev–Trinajstić information content (AvgIpc) is 2.83. The van der Waals surface area contributed by atoms with Crippen LogP contribution < -0.4 is 0 Å². The number of hydrogen-bond donors (Lipinski definition) is 2. The van der Waals surface area contributed by atoms with Crippen molar-refractivity contribution in [2.75, 3.05) is 0 Å². The van der Waals surface area contributed by atoms with Crippen LogP contribution in [0.25, 0.3) is 0 Å². The SMILES string of the molecule is C[C@]12CC[C@H](CC(=O)O)C[C@@H]1CC[C@H]1[C@H]2CC[C@]2(C)[C@@H](O)CC[C@@H]12. The first-order chi connectivity index (χ1) is 11.3. The minimum absolute atomic E-state index is 0.0831. The first-order valence-corrected chi connectivity index (χ1v) is 10.2. The molecule has 0 heterocycles. The molecule has 3 heteroatoms. The molecule has 4 aliphatic carbocycles. The summed E-state index contributed by atoms with van der Waals surface area (Å²) in [5.74, 6) is 2.85. The summed E-state index contributed by atoms with van der Waals surface area (Å²) >= 11 is 0. The minimum atomic E-state index is -0.620. The van der Waals surface area contributed by atoms with Gasteiger partial charge in [-0.25, -0.2) is 0 Å². The van der Waals surface area contributed by atoms with Gasteiger partial charge in [-0.05, 0) is 98.2 Å². The zero-order valence-electron chi connectivity index (χ0n) is 15.3. The zero-order valence-corrected chi connectivity index (χ0v) is 15.3. The molecule has 4 aliphatic rings. The summed E-state index contributed by atoms with van der Waals surface area (Å²) in [5, 5.41) is 19.7. The fraction of sp³-hybridized carbons (Fsp3) is 0.952. The van der Waals surface area contributed by atoms with Crippen LogP contribution in [-0.2, 0) is 4.79 Å². The lowest BCUT2D eigenvalue weighted by Crippen LogP contribution is -2.54. The van der Waals surface area contributed by atoms with Gasteiger partial charge in [0.15, 0.2) is 0 Å². The number of aliphatic hydroxyl groups is 1. The second-order valence-electron chi connectivity index (χ2n) is 10.0. The molecule has 4 saturated carbocycles. The molecule has 0 spiro atoms. The Morgan fingerprint density at radius 2 is 1.67 bits per heavy atom. The monoisotopic (exact) mass is 334 g/mol. The highest BCUT2D eigenvalue weighted by Crippen LogP contribution is 2.66. The van der Waals surface area contributed by atoms with Crippen molar-refractivity contribution >= 4 is 5.97 Å². The van der Waals surface area contributed by atoms with Crippen LogP contribution in [-0.4, -0.2) is 22.3 Å². The summed E-state index contributed by atoms with van der Waals surface area (Å²) in [5.41, 5.74) is 0.595. The summed E-state index contributed by atoms with van der Waals surface area (Å²) in [6, 6.07) is 0. The molecule has 0 aromatic rings. The van der Waals surface area contributed by atoms with E-state index in [2.05, 4.69) is 13.8 Å². The van der Waals surface area contributed by atoms with Crippen molar-refractivity contribution in [3.63, 3.8) is 0 Å². The standard InChI is InChI=1S/C21H34O3/c1-20-9-7-13(12-19(23)24)11-14(20)3-4-15-16-5-6-18(22)21(16,2)10-8-17(15)20/h13-18,22H,3-12H2,1-2H3,(H,23,24)/t13-,14-,15+,16-,17+,18-,20-,21-/m0/s1.